The summed E-state index contributed by atoms with van der Waals surface area (Å²) in [5, 5.41) is 13.2. The first-order chi connectivity index (χ1) is 14.8. The second-order valence-electron chi connectivity index (χ2n) is 7.51. The van der Waals surface area contributed by atoms with Crippen LogP contribution in [0.5, 0.6) is 5.75 Å². The van der Waals surface area contributed by atoms with Gasteiger partial charge in [-0.3, -0.25) is 14.2 Å². The number of hydrogen-bond acceptors (Lipinski definition) is 7. The lowest BCUT2D eigenvalue weighted by Crippen LogP contribution is -2.24. The van der Waals surface area contributed by atoms with Crippen LogP contribution in [0.15, 0.2) is 34.2 Å². The predicted octanol–water partition coefficient (Wildman–Crippen LogP) is 2.86. The van der Waals surface area contributed by atoms with Crippen molar-refractivity contribution >= 4 is 43.0 Å². The van der Waals surface area contributed by atoms with Gasteiger partial charge in [-0.2, -0.15) is 0 Å². The van der Waals surface area contributed by atoms with Crippen molar-refractivity contribution in [3.63, 3.8) is 0 Å². The lowest BCUT2D eigenvalue weighted by molar-refractivity contribution is -0.116. The number of thiophene rings is 1. The molecule has 1 aliphatic rings. The molecule has 0 radical (unpaired) electrons. The standard InChI is InChI=1S/C21H23N3O5S2/c1-2-31(28,29)13-7-8-16(25)15(11-13)23-18(26)9-10-24-12-22-20-19(21(24)27)14-5-3-4-6-17(14)30-20/h7-8,11-12,25H,2-6,9-10H2,1H3,(H,23,26). The van der Waals surface area contributed by atoms with Gasteiger partial charge in [-0.05, 0) is 49.4 Å². The molecule has 4 rings (SSSR count). The third kappa shape index (κ3) is 4.22. The maximum Gasteiger partial charge on any atom is 0.262 e. The average Bonchev–Trinajstić information content (AvgIpc) is 3.14. The zero-order valence-corrected chi connectivity index (χ0v) is 18.7. The Bertz CT molecular complexity index is 1320. The highest BCUT2D eigenvalue weighted by atomic mass is 32.2. The van der Waals surface area contributed by atoms with Crippen LogP contribution in [0.1, 0.15) is 36.6 Å². The normalized spacial score (nSPS) is 13.8. The molecule has 2 N–H and O–H groups in total. The molecule has 2 aromatic heterocycles. The first-order valence-electron chi connectivity index (χ1n) is 10.2. The Morgan fingerprint density at radius 1 is 1.29 bits per heavy atom. The minimum atomic E-state index is -3.47. The van der Waals surface area contributed by atoms with Crippen LogP contribution >= 0.6 is 11.3 Å². The number of fused-ring (bicyclic) bond motifs is 3. The molecule has 164 valence electrons. The summed E-state index contributed by atoms with van der Waals surface area (Å²) in [4.78, 5) is 31.8. The molecule has 0 spiro atoms. The zero-order chi connectivity index (χ0) is 22.2. The summed E-state index contributed by atoms with van der Waals surface area (Å²) < 4.78 is 25.5. The predicted molar refractivity (Wildman–Crippen MR) is 120 cm³/mol. The fourth-order valence-corrected chi connectivity index (χ4v) is 5.88. The molecule has 0 atom stereocenters. The van der Waals surface area contributed by atoms with E-state index in [2.05, 4.69) is 10.3 Å². The number of carbonyl (C=O) groups excluding carboxylic acids is 1. The van der Waals surface area contributed by atoms with E-state index in [1.54, 1.807) is 11.3 Å². The number of aromatic hydroxyl groups is 1. The molecule has 2 heterocycles. The number of nitrogens with one attached hydrogen (secondary N) is 1. The van der Waals surface area contributed by atoms with Gasteiger partial charge < -0.3 is 10.4 Å². The summed E-state index contributed by atoms with van der Waals surface area (Å²) in [6.45, 7) is 1.65. The highest BCUT2D eigenvalue weighted by Crippen LogP contribution is 2.33. The summed E-state index contributed by atoms with van der Waals surface area (Å²) in [6.07, 6.45) is 5.49. The number of aromatic nitrogens is 2. The van der Waals surface area contributed by atoms with Crippen LogP contribution in [0.4, 0.5) is 5.69 Å². The van der Waals surface area contributed by atoms with Crippen LogP contribution in [-0.4, -0.2) is 34.7 Å². The number of carbonyl (C=O) groups is 1. The van der Waals surface area contributed by atoms with Crippen LogP contribution < -0.4 is 10.9 Å². The van der Waals surface area contributed by atoms with Crippen LogP contribution in [0, 0.1) is 0 Å². The lowest BCUT2D eigenvalue weighted by Gasteiger charge is -2.11. The first kappa shape index (κ1) is 21.5. The van der Waals surface area contributed by atoms with Gasteiger partial charge in [0.15, 0.2) is 9.84 Å². The number of sulfone groups is 1. The van der Waals surface area contributed by atoms with E-state index in [-0.39, 0.29) is 40.6 Å². The Morgan fingerprint density at radius 3 is 2.84 bits per heavy atom. The fraction of sp³-hybridized carbons (Fsp3) is 0.381. The van der Waals surface area contributed by atoms with Crippen molar-refractivity contribution in [1.29, 1.82) is 0 Å². The maximum absolute atomic E-state index is 13.0. The minimum absolute atomic E-state index is 0.0207. The van der Waals surface area contributed by atoms with Gasteiger partial charge in [0, 0.05) is 17.8 Å². The van der Waals surface area contributed by atoms with E-state index in [0.29, 0.717) is 5.39 Å². The van der Waals surface area contributed by atoms with E-state index < -0.39 is 15.7 Å². The minimum Gasteiger partial charge on any atom is -0.506 e. The molecule has 0 fully saturated rings. The molecule has 8 nitrogen and oxygen atoms in total. The molecule has 0 aliphatic heterocycles. The SMILES string of the molecule is CCS(=O)(=O)c1ccc(O)c(NC(=O)CCn2cnc3sc4c(c3c2=O)CCCC4)c1. The number of aryl methyl sites for hydroxylation is 3. The van der Waals surface area contributed by atoms with Crippen LogP contribution in [0.3, 0.4) is 0 Å². The molecule has 0 bridgehead atoms. The van der Waals surface area contributed by atoms with Gasteiger partial charge in [0.2, 0.25) is 5.91 Å². The summed E-state index contributed by atoms with van der Waals surface area (Å²) in [6, 6.07) is 3.77. The summed E-state index contributed by atoms with van der Waals surface area (Å²) >= 11 is 1.57. The summed E-state index contributed by atoms with van der Waals surface area (Å²) in [5.74, 6) is -0.759. The third-order valence-corrected chi connectivity index (χ3v) is 8.43. The monoisotopic (exact) mass is 461 g/mol. The van der Waals surface area contributed by atoms with Crippen molar-refractivity contribution in [2.24, 2.45) is 0 Å². The van der Waals surface area contributed by atoms with Crippen molar-refractivity contribution in [3.05, 3.63) is 45.3 Å². The Morgan fingerprint density at radius 2 is 2.06 bits per heavy atom. The van der Waals surface area contributed by atoms with Gasteiger partial charge in [0.05, 0.1) is 28.0 Å². The number of amides is 1. The number of nitrogens with zero attached hydrogens (tertiary/aromatic N) is 2. The van der Waals surface area contributed by atoms with Crippen LogP contribution in [-0.2, 0) is 34.0 Å². The van der Waals surface area contributed by atoms with Gasteiger partial charge in [0.25, 0.3) is 5.56 Å². The number of anilines is 1. The average molecular weight is 462 g/mol. The number of phenols is 1. The lowest BCUT2D eigenvalue weighted by atomic mass is 9.97. The quantitative estimate of drug-likeness (QED) is 0.545. The number of rotatable bonds is 6. The maximum atomic E-state index is 13.0. The van der Waals surface area contributed by atoms with Crippen molar-refractivity contribution in [2.45, 2.75) is 50.5 Å². The second kappa shape index (κ2) is 8.43. The Labute approximate surface area is 183 Å². The first-order valence-corrected chi connectivity index (χ1v) is 12.6. The molecule has 1 amide bonds. The highest BCUT2D eigenvalue weighted by Gasteiger charge is 2.20. The molecule has 0 saturated carbocycles. The molecule has 1 aliphatic carbocycles. The Hall–Kier alpha value is -2.72. The van der Waals surface area contributed by atoms with Crippen molar-refractivity contribution in [1.82, 2.24) is 9.55 Å². The van der Waals surface area contributed by atoms with Crippen molar-refractivity contribution < 1.29 is 18.3 Å². The van der Waals surface area contributed by atoms with E-state index in [9.17, 15) is 23.1 Å². The molecule has 1 aromatic carbocycles. The van der Waals surface area contributed by atoms with Gasteiger partial charge in [-0.25, -0.2) is 13.4 Å². The van der Waals surface area contributed by atoms with E-state index in [0.717, 1.165) is 36.1 Å². The van der Waals surface area contributed by atoms with E-state index in [1.165, 1.54) is 40.9 Å². The second-order valence-corrected chi connectivity index (χ2v) is 10.9. The molecular weight excluding hydrogens is 438 g/mol. The number of benzene rings is 1. The molecule has 0 unspecified atom stereocenters. The van der Waals surface area contributed by atoms with E-state index in [1.807, 2.05) is 0 Å². The van der Waals surface area contributed by atoms with Crippen LogP contribution in [0.25, 0.3) is 10.2 Å². The van der Waals surface area contributed by atoms with Gasteiger partial charge in [-0.15, -0.1) is 11.3 Å². The number of hydrogen-bond donors (Lipinski definition) is 2. The number of phenolic OH excluding ortho intramolecular Hbond substituents is 1. The summed E-state index contributed by atoms with van der Waals surface area (Å²) in [5.41, 5.74) is 0.977. The van der Waals surface area contributed by atoms with Crippen molar-refractivity contribution in [3.8, 4) is 5.75 Å². The Balaban J connectivity index is 1.51. The molecule has 10 heteroatoms. The smallest absolute Gasteiger partial charge is 0.262 e. The van der Waals surface area contributed by atoms with Gasteiger partial charge in [-0.1, -0.05) is 6.92 Å². The van der Waals surface area contributed by atoms with E-state index >= 15 is 0 Å². The van der Waals surface area contributed by atoms with E-state index in [4.69, 9.17) is 0 Å². The van der Waals surface area contributed by atoms with Gasteiger partial charge >= 0.3 is 0 Å². The molecule has 3 aromatic rings. The zero-order valence-electron chi connectivity index (χ0n) is 17.1. The topological polar surface area (TPSA) is 118 Å². The summed E-state index contributed by atoms with van der Waals surface area (Å²) in [7, 11) is -3.47. The molecular formula is C21H23N3O5S2. The van der Waals surface area contributed by atoms with Gasteiger partial charge in [0.1, 0.15) is 10.6 Å². The van der Waals surface area contributed by atoms with Crippen LogP contribution in [0.2, 0.25) is 0 Å². The highest BCUT2D eigenvalue weighted by molar-refractivity contribution is 7.91. The van der Waals surface area contributed by atoms with Crippen molar-refractivity contribution in [2.75, 3.05) is 11.1 Å². The fourth-order valence-electron chi connectivity index (χ4n) is 3.75. The largest absolute Gasteiger partial charge is 0.506 e. The molecule has 31 heavy (non-hydrogen) atoms. The molecule has 0 saturated heterocycles. The third-order valence-electron chi connectivity index (χ3n) is 5.50. The Kier molecular flexibility index (Phi) is 5.85.